The fourth-order valence-electron chi connectivity index (χ4n) is 3.33. The molecule has 0 bridgehead atoms. The van der Waals surface area contributed by atoms with Gasteiger partial charge in [0, 0.05) is 17.5 Å². The monoisotopic (exact) mass is 398 g/mol. The van der Waals surface area contributed by atoms with Crippen LogP contribution >= 0.6 is 0 Å². The highest BCUT2D eigenvalue weighted by Gasteiger charge is 2.32. The average Bonchev–Trinajstić information content (AvgIpc) is 3.04. The Morgan fingerprint density at radius 3 is 2.66 bits per heavy atom. The van der Waals surface area contributed by atoms with Crippen LogP contribution in [0.3, 0.4) is 0 Å². The van der Waals surface area contributed by atoms with Crippen LogP contribution in [-0.4, -0.2) is 43.8 Å². The van der Waals surface area contributed by atoms with Gasteiger partial charge < -0.3 is 23.7 Å². The van der Waals surface area contributed by atoms with E-state index in [1.54, 1.807) is 24.3 Å². The zero-order chi connectivity index (χ0) is 20.4. The zero-order valence-electron chi connectivity index (χ0n) is 16.4. The van der Waals surface area contributed by atoms with E-state index < -0.39 is 5.97 Å². The molecular formula is C22H22O7. The third kappa shape index (κ3) is 4.29. The molecule has 2 aliphatic rings. The van der Waals surface area contributed by atoms with E-state index in [-0.39, 0.29) is 24.6 Å². The van der Waals surface area contributed by atoms with Crippen LogP contribution in [-0.2, 0) is 16.0 Å². The van der Waals surface area contributed by atoms with Gasteiger partial charge in [0.1, 0.15) is 18.8 Å². The molecule has 7 nitrogen and oxygen atoms in total. The lowest BCUT2D eigenvalue weighted by Crippen LogP contribution is -2.25. The molecule has 0 aliphatic carbocycles. The molecule has 0 saturated carbocycles. The standard InChI is InChI=1S/C22H22O7/c1-22(2)11-15-4-3-5-18(21(15)29-22)27-13-20(24)28-12-16(23)14-6-7-17-19(10-14)26-9-8-25-17/h3-7,10H,8-9,11-13H2,1-2H3. The van der Waals surface area contributed by atoms with Gasteiger partial charge in [-0.05, 0) is 38.1 Å². The molecule has 4 rings (SSSR count). The number of esters is 1. The summed E-state index contributed by atoms with van der Waals surface area (Å²) in [6.45, 7) is 4.21. The Hall–Kier alpha value is -3.22. The van der Waals surface area contributed by atoms with E-state index in [2.05, 4.69) is 0 Å². The first kappa shape index (κ1) is 19.1. The number of hydrogen-bond acceptors (Lipinski definition) is 7. The number of Topliss-reactive ketones (excluding diaryl/α,β-unsaturated/α-hetero) is 1. The van der Waals surface area contributed by atoms with Gasteiger partial charge in [0.05, 0.1) is 0 Å². The molecule has 0 atom stereocenters. The van der Waals surface area contributed by atoms with Crippen molar-refractivity contribution in [3.05, 3.63) is 47.5 Å². The Bertz CT molecular complexity index is 948. The number of fused-ring (bicyclic) bond motifs is 2. The SMILES string of the molecule is CC1(C)Cc2cccc(OCC(=O)OCC(=O)c3ccc4c(c3)OCCO4)c2O1. The Kier molecular flexibility index (Phi) is 5.05. The molecule has 0 N–H and O–H groups in total. The van der Waals surface area contributed by atoms with Gasteiger partial charge in [-0.2, -0.15) is 0 Å². The van der Waals surface area contributed by atoms with Crippen LogP contribution in [0.25, 0.3) is 0 Å². The van der Waals surface area contributed by atoms with Gasteiger partial charge in [-0.3, -0.25) is 4.79 Å². The highest BCUT2D eigenvalue weighted by atomic mass is 16.6. The van der Waals surface area contributed by atoms with Crippen molar-refractivity contribution in [2.24, 2.45) is 0 Å². The van der Waals surface area contributed by atoms with Crippen molar-refractivity contribution in [1.82, 2.24) is 0 Å². The van der Waals surface area contributed by atoms with E-state index in [4.69, 9.17) is 23.7 Å². The second-order valence-corrected chi connectivity index (χ2v) is 7.51. The summed E-state index contributed by atoms with van der Waals surface area (Å²) in [5.74, 6) is 1.28. The Labute approximate surface area is 168 Å². The summed E-state index contributed by atoms with van der Waals surface area (Å²) < 4.78 is 27.4. The summed E-state index contributed by atoms with van der Waals surface area (Å²) >= 11 is 0. The van der Waals surface area contributed by atoms with Crippen molar-refractivity contribution in [3.63, 3.8) is 0 Å². The van der Waals surface area contributed by atoms with Crippen molar-refractivity contribution < 1.29 is 33.3 Å². The summed E-state index contributed by atoms with van der Waals surface area (Å²) in [5, 5.41) is 0. The van der Waals surface area contributed by atoms with Crippen molar-refractivity contribution >= 4 is 11.8 Å². The molecule has 2 aliphatic heterocycles. The van der Waals surface area contributed by atoms with Crippen LogP contribution in [0.4, 0.5) is 0 Å². The molecule has 0 radical (unpaired) electrons. The number of para-hydroxylation sites is 1. The summed E-state index contributed by atoms with van der Waals surface area (Å²) in [6, 6.07) is 10.5. The lowest BCUT2D eigenvalue weighted by Gasteiger charge is -2.18. The number of carbonyl (C=O) groups is 2. The first-order valence-electron chi connectivity index (χ1n) is 9.43. The minimum Gasteiger partial charge on any atom is -0.486 e. The van der Waals surface area contributed by atoms with E-state index in [0.717, 1.165) is 12.0 Å². The Morgan fingerprint density at radius 2 is 1.83 bits per heavy atom. The summed E-state index contributed by atoms with van der Waals surface area (Å²) in [7, 11) is 0. The highest BCUT2D eigenvalue weighted by Crippen LogP contribution is 2.41. The molecule has 0 aromatic heterocycles. The third-order valence-corrected chi connectivity index (χ3v) is 4.63. The van der Waals surface area contributed by atoms with E-state index in [1.165, 1.54) is 0 Å². The molecule has 2 aromatic carbocycles. The van der Waals surface area contributed by atoms with Gasteiger partial charge in [-0.1, -0.05) is 12.1 Å². The van der Waals surface area contributed by atoms with E-state index in [0.29, 0.717) is 41.8 Å². The predicted molar refractivity (Wildman–Crippen MR) is 103 cm³/mol. The van der Waals surface area contributed by atoms with Gasteiger partial charge in [-0.25, -0.2) is 4.79 Å². The normalized spacial score (nSPS) is 15.8. The number of rotatable bonds is 6. The molecule has 0 unspecified atom stereocenters. The van der Waals surface area contributed by atoms with Crippen LogP contribution < -0.4 is 18.9 Å². The lowest BCUT2D eigenvalue weighted by atomic mass is 10.0. The molecule has 29 heavy (non-hydrogen) atoms. The number of carbonyl (C=O) groups excluding carboxylic acids is 2. The topological polar surface area (TPSA) is 80.3 Å². The summed E-state index contributed by atoms with van der Waals surface area (Å²) in [5.41, 5.74) is 1.12. The second kappa shape index (κ2) is 7.66. The molecule has 0 fully saturated rings. The van der Waals surface area contributed by atoms with Crippen molar-refractivity contribution in [2.45, 2.75) is 25.9 Å². The van der Waals surface area contributed by atoms with Crippen LogP contribution in [0.2, 0.25) is 0 Å². The summed E-state index contributed by atoms with van der Waals surface area (Å²) in [4.78, 5) is 24.3. The molecule has 2 aromatic rings. The van der Waals surface area contributed by atoms with Gasteiger partial charge in [0.15, 0.2) is 42.0 Å². The fourth-order valence-corrected chi connectivity index (χ4v) is 3.33. The van der Waals surface area contributed by atoms with Crippen LogP contribution in [0, 0.1) is 0 Å². The molecule has 0 saturated heterocycles. The molecule has 7 heteroatoms. The Balaban J connectivity index is 1.30. The van der Waals surface area contributed by atoms with Gasteiger partial charge in [-0.15, -0.1) is 0 Å². The van der Waals surface area contributed by atoms with E-state index in [9.17, 15) is 9.59 Å². The minimum atomic E-state index is -0.634. The maximum absolute atomic E-state index is 12.3. The van der Waals surface area contributed by atoms with Gasteiger partial charge in [0.25, 0.3) is 0 Å². The van der Waals surface area contributed by atoms with Crippen molar-refractivity contribution in [1.29, 1.82) is 0 Å². The second-order valence-electron chi connectivity index (χ2n) is 7.51. The third-order valence-electron chi connectivity index (χ3n) is 4.63. The van der Waals surface area contributed by atoms with E-state index >= 15 is 0 Å². The molecular weight excluding hydrogens is 376 g/mol. The Morgan fingerprint density at radius 1 is 1.03 bits per heavy atom. The maximum atomic E-state index is 12.3. The van der Waals surface area contributed by atoms with Crippen LogP contribution in [0.5, 0.6) is 23.0 Å². The van der Waals surface area contributed by atoms with Gasteiger partial charge >= 0.3 is 5.97 Å². The quantitative estimate of drug-likeness (QED) is 0.547. The zero-order valence-corrected chi connectivity index (χ0v) is 16.4. The van der Waals surface area contributed by atoms with Crippen molar-refractivity contribution in [2.75, 3.05) is 26.4 Å². The van der Waals surface area contributed by atoms with Gasteiger partial charge in [0.2, 0.25) is 0 Å². The molecule has 152 valence electrons. The van der Waals surface area contributed by atoms with Crippen LogP contribution in [0.1, 0.15) is 29.8 Å². The number of ketones is 1. The van der Waals surface area contributed by atoms with Crippen LogP contribution in [0.15, 0.2) is 36.4 Å². The first-order chi connectivity index (χ1) is 13.9. The summed E-state index contributed by atoms with van der Waals surface area (Å²) in [6.07, 6.45) is 0.772. The van der Waals surface area contributed by atoms with Crippen molar-refractivity contribution in [3.8, 4) is 23.0 Å². The predicted octanol–water partition coefficient (Wildman–Crippen LogP) is 2.98. The smallest absolute Gasteiger partial charge is 0.344 e. The molecule has 2 heterocycles. The lowest BCUT2D eigenvalue weighted by molar-refractivity contribution is -0.144. The number of ether oxygens (including phenoxy) is 5. The first-order valence-corrected chi connectivity index (χ1v) is 9.43. The minimum absolute atomic E-state index is 0.307. The van der Waals surface area contributed by atoms with E-state index in [1.807, 2.05) is 26.0 Å². The largest absolute Gasteiger partial charge is 0.486 e. The number of benzene rings is 2. The fraction of sp³-hybridized carbons (Fsp3) is 0.364. The number of hydrogen-bond donors (Lipinski definition) is 0. The molecule has 0 amide bonds. The average molecular weight is 398 g/mol. The maximum Gasteiger partial charge on any atom is 0.344 e. The highest BCUT2D eigenvalue weighted by molar-refractivity contribution is 5.98. The molecule has 0 spiro atoms.